The first kappa shape index (κ1) is 14.9. The van der Waals surface area contributed by atoms with Crippen LogP contribution in [0.2, 0.25) is 0 Å². The highest BCUT2D eigenvalue weighted by Gasteiger charge is 2.41. The second-order valence-corrected chi connectivity index (χ2v) is 6.08. The predicted octanol–water partition coefficient (Wildman–Crippen LogP) is 1.44. The third-order valence-electron chi connectivity index (χ3n) is 3.28. The fraction of sp³-hybridized carbons (Fsp3) is 0.467. The van der Waals surface area contributed by atoms with E-state index < -0.39 is 0 Å². The molecule has 1 aliphatic carbocycles. The van der Waals surface area contributed by atoms with Gasteiger partial charge in [-0.05, 0) is 25.2 Å². The third-order valence-corrected chi connectivity index (χ3v) is 4.70. The van der Waals surface area contributed by atoms with Gasteiger partial charge in [-0.1, -0.05) is 11.8 Å². The Labute approximate surface area is 123 Å². The highest BCUT2D eigenvalue weighted by atomic mass is 32.2. The number of amides is 1. The van der Waals surface area contributed by atoms with Crippen molar-refractivity contribution in [3.05, 3.63) is 29.6 Å². The zero-order chi connectivity index (χ0) is 14.4. The molecule has 4 nitrogen and oxygen atoms in total. The highest BCUT2D eigenvalue weighted by Crippen LogP contribution is 2.46. The molecule has 106 valence electrons. The van der Waals surface area contributed by atoms with Gasteiger partial charge in [0.1, 0.15) is 0 Å². The van der Waals surface area contributed by atoms with E-state index in [0.29, 0.717) is 24.1 Å². The van der Waals surface area contributed by atoms with E-state index in [0.717, 1.165) is 0 Å². The number of carbonyl (C=O) groups excluding carboxylic acids is 1. The van der Waals surface area contributed by atoms with Gasteiger partial charge in [-0.15, -0.1) is 0 Å². The van der Waals surface area contributed by atoms with Gasteiger partial charge in [-0.2, -0.15) is 11.8 Å². The van der Waals surface area contributed by atoms with Crippen molar-refractivity contribution in [2.45, 2.75) is 24.0 Å². The maximum Gasteiger partial charge on any atom is 0.252 e. The summed E-state index contributed by atoms with van der Waals surface area (Å²) in [6, 6.07) is 1.73. The maximum atomic E-state index is 12.1. The Morgan fingerprint density at radius 1 is 1.55 bits per heavy atom. The minimum Gasteiger partial charge on any atom is -0.395 e. The van der Waals surface area contributed by atoms with Gasteiger partial charge >= 0.3 is 0 Å². The molecule has 2 N–H and O–H groups in total. The number of hydrogen-bond donors (Lipinski definition) is 2. The highest BCUT2D eigenvalue weighted by molar-refractivity contribution is 8.00. The molecular weight excluding hydrogens is 272 g/mol. The van der Waals surface area contributed by atoms with Crippen LogP contribution >= 0.6 is 11.8 Å². The van der Waals surface area contributed by atoms with Gasteiger partial charge < -0.3 is 10.4 Å². The van der Waals surface area contributed by atoms with E-state index in [1.165, 1.54) is 12.8 Å². The molecule has 1 heterocycles. The predicted molar refractivity (Wildman–Crippen MR) is 80.6 cm³/mol. The molecule has 1 fully saturated rings. The van der Waals surface area contributed by atoms with Crippen LogP contribution < -0.4 is 5.32 Å². The molecule has 0 radical (unpaired) electrons. The zero-order valence-electron chi connectivity index (χ0n) is 11.5. The van der Waals surface area contributed by atoms with E-state index in [1.54, 1.807) is 18.5 Å². The largest absolute Gasteiger partial charge is 0.395 e. The molecule has 20 heavy (non-hydrogen) atoms. The number of nitrogens with zero attached hydrogens (tertiary/aromatic N) is 1. The molecule has 0 spiro atoms. The van der Waals surface area contributed by atoms with Crippen molar-refractivity contribution in [1.29, 1.82) is 0 Å². The summed E-state index contributed by atoms with van der Waals surface area (Å²) in [5.41, 5.74) is 1.22. The molecule has 1 aromatic rings. The van der Waals surface area contributed by atoms with Crippen LogP contribution in [0.5, 0.6) is 0 Å². The Morgan fingerprint density at radius 3 is 3.00 bits per heavy atom. The van der Waals surface area contributed by atoms with Crippen molar-refractivity contribution in [3.63, 3.8) is 0 Å². The van der Waals surface area contributed by atoms with Crippen LogP contribution in [-0.2, 0) is 0 Å². The van der Waals surface area contributed by atoms with E-state index in [-0.39, 0.29) is 17.3 Å². The summed E-state index contributed by atoms with van der Waals surface area (Å²) in [5.74, 6) is 5.59. The van der Waals surface area contributed by atoms with Crippen molar-refractivity contribution in [2.24, 2.45) is 0 Å². The van der Waals surface area contributed by atoms with Gasteiger partial charge in [0.05, 0.1) is 12.2 Å². The first-order valence-electron chi connectivity index (χ1n) is 6.57. The van der Waals surface area contributed by atoms with Crippen LogP contribution in [0, 0.1) is 11.8 Å². The lowest BCUT2D eigenvalue weighted by Crippen LogP contribution is -2.31. The maximum absolute atomic E-state index is 12.1. The number of hydrogen-bond acceptors (Lipinski definition) is 4. The van der Waals surface area contributed by atoms with Crippen molar-refractivity contribution >= 4 is 17.7 Å². The molecule has 0 aliphatic heterocycles. The van der Waals surface area contributed by atoms with E-state index in [1.807, 2.05) is 11.8 Å². The Balaban J connectivity index is 1.96. The number of aliphatic hydroxyl groups excluding tert-OH is 1. The van der Waals surface area contributed by atoms with Gasteiger partial charge in [0, 0.05) is 35.7 Å². The summed E-state index contributed by atoms with van der Waals surface area (Å²) in [4.78, 5) is 16.1. The molecule has 1 saturated carbocycles. The Hall–Kier alpha value is -1.51. The molecule has 0 unspecified atom stereocenters. The fourth-order valence-electron chi connectivity index (χ4n) is 1.79. The Morgan fingerprint density at radius 2 is 2.35 bits per heavy atom. The summed E-state index contributed by atoms with van der Waals surface area (Å²) in [6.07, 6.45) is 8.00. The zero-order valence-corrected chi connectivity index (χ0v) is 12.3. The Kier molecular flexibility index (Phi) is 5.05. The molecule has 1 aliphatic rings. The molecule has 1 aromatic heterocycles. The van der Waals surface area contributed by atoms with Gasteiger partial charge in [0.2, 0.25) is 0 Å². The fourth-order valence-corrected chi connectivity index (χ4v) is 2.52. The van der Waals surface area contributed by atoms with E-state index >= 15 is 0 Å². The summed E-state index contributed by atoms with van der Waals surface area (Å²) in [7, 11) is 0. The monoisotopic (exact) mass is 290 g/mol. The number of pyridine rings is 1. The molecule has 0 aromatic carbocycles. The average Bonchev–Trinajstić information content (AvgIpc) is 3.26. The van der Waals surface area contributed by atoms with Crippen LogP contribution in [0.3, 0.4) is 0 Å². The molecule has 1 amide bonds. The van der Waals surface area contributed by atoms with Crippen molar-refractivity contribution in [3.8, 4) is 11.8 Å². The summed E-state index contributed by atoms with van der Waals surface area (Å²) < 4.78 is 0.252. The second kappa shape index (κ2) is 6.78. The number of aromatic nitrogens is 1. The molecule has 0 saturated heterocycles. The molecule has 5 heteroatoms. The van der Waals surface area contributed by atoms with Crippen molar-refractivity contribution < 1.29 is 9.90 Å². The van der Waals surface area contributed by atoms with Crippen molar-refractivity contribution in [1.82, 2.24) is 10.3 Å². The quantitative estimate of drug-likeness (QED) is 0.806. The second-order valence-electron chi connectivity index (χ2n) is 4.81. The molecule has 0 bridgehead atoms. The van der Waals surface area contributed by atoms with Crippen LogP contribution in [0.15, 0.2) is 18.5 Å². The van der Waals surface area contributed by atoms with Gasteiger partial charge in [-0.25, -0.2) is 0 Å². The van der Waals surface area contributed by atoms with Gasteiger partial charge in [-0.3, -0.25) is 9.78 Å². The minimum atomic E-state index is -0.108. The summed E-state index contributed by atoms with van der Waals surface area (Å²) in [6.45, 7) is 0.741. The van der Waals surface area contributed by atoms with Crippen LogP contribution in [0.4, 0.5) is 0 Å². The summed E-state index contributed by atoms with van der Waals surface area (Å²) >= 11 is 1.82. The normalized spacial score (nSPS) is 15.1. The number of carbonyl (C=O) groups is 1. The van der Waals surface area contributed by atoms with Crippen LogP contribution in [0.1, 0.15) is 35.2 Å². The summed E-state index contributed by atoms with van der Waals surface area (Å²) in [5, 5.41) is 11.6. The number of rotatable bonds is 5. The number of aliphatic hydroxyl groups is 1. The van der Waals surface area contributed by atoms with Crippen molar-refractivity contribution in [2.75, 3.05) is 19.4 Å². The van der Waals surface area contributed by atoms with E-state index in [2.05, 4.69) is 28.4 Å². The van der Waals surface area contributed by atoms with E-state index in [4.69, 9.17) is 5.11 Å². The van der Waals surface area contributed by atoms with Gasteiger partial charge in [0.25, 0.3) is 5.91 Å². The smallest absolute Gasteiger partial charge is 0.252 e. The minimum absolute atomic E-state index is 0.0391. The first-order chi connectivity index (χ1) is 9.69. The number of nitrogens with one attached hydrogen (secondary N) is 1. The lowest BCUT2D eigenvalue weighted by atomic mass is 10.2. The average molecular weight is 290 g/mol. The third kappa shape index (κ3) is 3.99. The standard InChI is InChI=1S/C15H18N2O2S/c1-20-15(5-6-15)11-17-14(19)13-8-12(9-16-10-13)4-2-3-7-18/h8-10,18H,3,5-7,11H2,1H3,(H,17,19). The van der Waals surface area contributed by atoms with Crippen LogP contribution in [-0.4, -0.2) is 40.2 Å². The van der Waals surface area contributed by atoms with E-state index in [9.17, 15) is 4.79 Å². The lowest BCUT2D eigenvalue weighted by Gasteiger charge is -2.12. The lowest BCUT2D eigenvalue weighted by molar-refractivity contribution is 0.0952. The molecule has 0 atom stereocenters. The first-order valence-corrected chi connectivity index (χ1v) is 7.80. The SMILES string of the molecule is CSC1(CNC(=O)c2cncc(C#CCCO)c2)CC1. The number of thioether (sulfide) groups is 1. The molecular formula is C15H18N2O2S. The van der Waals surface area contributed by atoms with Gasteiger partial charge in [0.15, 0.2) is 0 Å². The topological polar surface area (TPSA) is 62.2 Å². The molecule has 2 rings (SSSR count). The Bertz CT molecular complexity index is 544. The van der Waals surface area contributed by atoms with Crippen LogP contribution in [0.25, 0.3) is 0 Å².